The molecular weight excluding hydrogens is 408 g/mol. The van der Waals surface area contributed by atoms with Gasteiger partial charge >= 0.3 is 0 Å². The number of carbonyl (C=O) groups is 1. The molecule has 1 saturated heterocycles. The van der Waals surface area contributed by atoms with Crippen molar-refractivity contribution in [2.45, 2.75) is 37.5 Å². The van der Waals surface area contributed by atoms with Gasteiger partial charge in [0.15, 0.2) is 0 Å². The molecule has 0 unspecified atom stereocenters. The Morgan fingerprint density at radius 1 is 1.45 bits per heavy atom. The van der Waals surface area contributed by atoms with Crippen LogP contribution in [0.4, 0.5) is 8.78 Å². The van der Waals surface area contributed by atoms with Gasteiger partial charge in [-0.3, -0.25) is 14.7 Å². The number of unbranched alkanes of at least 4 members (excludes halogenated alkanes) is 1. The summed E-state index contributed by atoms with van der Waals surface area (Å²) in [6.07, 6.45) is 1.30. The molecule has 0 bridgehead atoms. The van der Waals surface area contributed by atoms with Crippen molar-refractivity contribution in [3.05, 3.63) is 36.0 Å². The van der Waals surface area contributed by atoms with Crippen LogP contribution in [0.1, 0.15) is 29.6 Å². The molecule has 31 heavy (non-hydrogen) atoms. The highest BCUT2D eigenvalue weighted by Gasteiger charge is 2.47. The molecule has 3 rings (SSSR count). The number of rotatable bonds is 10. The number of primary amides is 1. The third-order valence-corrected chi connectivity index (χ3v) is 5.16. The fourth-order valence-electron chi connectivity index (χ4n) is 3.60. The summed E-state index contributed by atoms with van der Waals surface area (Å²) in [6.45, 7) is 0.495. The van der Waals surface area contributed by atoms with Crippen LogP contribution in [-0.2, 0) is 0 Å². The van der Waals surface area contributed by atoms with Gasteiger partial charge in [-0.25, -0.2) is 8.78 Å². The standard InChI is InChI=1S/C21H25F2N5O3/c22-21(23)10-14(11-24)28(13-21)19(29)12-26-6-1-2-8-31-15-3-4-18-17(9-15)16(20(25)30)5-7-27-18/h3-5,7,9,14,19,26,29H,1-2,6,8,10,12-13H2,(H2,25,30)/t14-,19-/m0/s1. The number of nitrogens with zero attached hydrogens (tertiary/aromatic N) is 3. The van der Waals surface area contributed by atoms with Crippen LogP contribution in [0, 0.1) is 11.3 Å². The number of aromatic nitrogens is 1. The SMILES string of the molecule is N#C[C@@H]1CC(F)(F)CN1[C@@H](O)CNCCCCOc1ccc2nccc(C(N)=O)c2c1. The van der Waals surface area contributed by atoms with Crippen LogP contribution in [0.5, 0.6) is 5.75 Å². The van der Waals surface area contributed by atoms with Crippen LogP contribution in [0.25, 0.3) is 10.9 Å². The fourth-order valence-corrected chi connectivity index (χ4v) is 3.60. The zero-order chi connectivity index (χ0) is 22.4. The quantitative estimate of drug-likeness (QED) is 0.487. The molecular formula is C21H25F2N5O3. The van der Waals surface area contributed by atoms with Crippen molar-refractivity contribution < 1.29 is 23.4 Å². The Labute approximate surface area is 178 Å². The molecule has 0 saturated carbocycles. The number of ether oxygens (including phenoxy) is 1. The summed E-state index contributed by atoms with van der Waals surface area (Å²) in [5.41, 5.74) is 6.44. The van der Waals surface area contributed by atoms with Gasteiger partial charge in [0.05, 0.1) is 30.3 Å². The first-order valence-corrected chi connectivity index (χ1v) is 10.0. The third kappa shape index (κ3) is 5.85. The molecule has 2 aromatic rings. The van der Waals surface area contributed by atoms with Crippen molar-refractivity contribution in [3.8, 4) is 11.8 Å². The number of fused-ring (bicyclic) bond motifs is 1. The zero-order valence-corrected chi connectivity index (χ0v) is 16.9. The first-order valence-electron chi connectivity index (χ1n) is 10.0. The lowest BCUT2D eigenvalue weighted by atomic mass is 10.1. The Morgan fingerprint density at radius 3 is 3.00 bits per heavy atom. The highest BCUT2D eigenvalue weighted by molar-refractivity contribution is 6.05. The molecule has 166 valence electrons. The predicted octanol–water partition coefficient (Wildman–Crippen LogP) is 1.63. The lowest BCUT2D eigenvalue weighted by molar-refractivity contribution is -0.0311. The third-order valence-electron chi connectivity index (χ3n) is 5.16. The maximum absolute atomic E-state index is 13.4. The van der Waals surface area contributed by atoms with E-state index in [1.165, 1.54) is 6.20 Å². The molecule has 1 amide bonds. The predicted molar refractivity (Wildman–Crippen MR) is 110 cm³/mol. The summed E-state index contributed by atoms with van der Waals surface area (Å²) in [4.78, 5) is 16.9. The number of alkyl halides is 2. The molecule has 0 radical (unpaired) electrons. The highest BCUT2D eigenvalue weighted by Crippen LogP contribution is 2.32. The molecule has 2 atom stereocenters. The minimum atomic E-state index is -2.95. The van der Waals surface area contributed by atoms with Crippen molar-refractivity contribution >= 4 is 16.8 Å². The van der Waals surface area contributed by atoms with Crippen LogP contribution in [0.15, 0.2) is 30.5 Å². The fraction of sp³-hybridized carbons (Fsp3) is 0.476. The minimum absolute atomic E-state index is 0.0999. The number of halogens is 2. The number of likely N-dealkylation sites (tertiary alicyclic amines) is 1. The van der Waals surface area contributed by atoms with E-state index in [1.54, 1.807) is 24.3 Å². The lowest BCUT2D eigenvalue weighted by Crippen LogP contribution is -2.45. The molecule has 1 aromatic carbocycles. The van der Waals surface area contributed by atoms with Crippen LogP contribution in [0.3, 0.4) is 0 Å². The van der Waals surface area contributed by atoms with Gasteiger partial charge in [-0.2, -0.15) is 5.26 Å². The van der Waals surface area contributed by atoms with E-state index < -0.39 is 37.1 Å². The number of aliphatic hydroxyl groups is 1. The first kappa shape index (κ1) is 22.8. The monoisotopic (exact) mass is 433 g/mol. The average molecular weight is 433 g/mol. The van der Waals surface area contributed by atoms with Crippen molar-refractivity contribution in [2.75, 3.05) is 26.2 Å². The number of hydrogen-bond donors (Lipinski definition) is 3. The summed E-state index contributed by atoms with van der Waals surface area (Å²) in [5.74, 6) is -2.88. The number of amides is 1. The van der Waals surface area contributed by atoms with Gasteiger partial charge in [-0.05, 0) is 43.7 Å². The van der Waals surface area contributed by atoms with E-state index in [0.717, 1.165) is 17.7 Å². The molecule has 1 fully saturated rings. The number of hydrogen-bond acceptors (Lipinski definition) is 7. The van der Waals surface area contributed by atoms with E-state index in [9.17, 15) is 18.7 Å². The van der Waals surface area contributed by atoms with Gasteiger partial charge in [-0.1, -0.05) is 0 Å². The van der Waals surface area contributed by atoms with Crippen LogP contribution < -0.4 is 15.8 Å². The highest BCUT2D eigenvalue weighted by atomic mass is 19.3. The average Bonchev–Trinajstić information content (AvgIpc) is 3.07. The Morgan fingerprint density at radius 2 is 2.26 bits per heavy atom. The largest absolute Gasteiger partial charge is 0.494 e. The van der Waals surface area contributed by atoms with Gasteiger partial charge in [0.25, 0.3) is 5.92 Å². The lowest BCUT2D eigenvalue weighted by Gasteiger charge is -2.25. The molecule has 1 aliphatic rings. The van der Waals surface area contributed by atoms with Crippen LogP contribution in [0.2, 0.25) is 0 Å². The number of benzene rings is 1. The van der Waals surface area contributed by atoms with Gasteiger partial charge in [0, 0.05) is 24.5 Å². The van der Waals surface area contributed by atoms with Crippen molar-refractivity contribution in [3.63, 3.8) is 0 Å². The number of aliphatic hydroxyl groups excluding tert-OH is 1. The van der Waals surface area contributed by atoms with E-state index in [1.807, 2.05) is 6.07 Å². The molecule has 1 aliphatic heterocycles. The second-order valence-corrected chi connectivity index (χ2v) is 7.52. The summed E-state index contributed by atoms with van der Waals surface area (Å²) < 4.78 is 32.6. The van der Waals surface area contributed by atoms with Crippen molar-refractivity contribution in [2.24, 2.45) is 5.73 Å². The number of nitriles is 1. The Bertz CT molecular complexity index is 966. The molecule has 0 aliphatic carbocycles. The van der Waals surface area contributed by atoms with E-state index in [4.69, 9.17) is 15.7 Å². The summed E-state index contributed by atoms with van der Waals surface area (Å²) >= 11 is 0. The van der Waals surface area contributed by atoms with Crippen LogP contribution >= 0.6 is 0 Å². The Hall–Kier alpha value is -2.87. The van der Waals surface area contributed by atoms with Gasteiger partial charge in [0.1, 0.15) is 18.0 Å². The Balaban J connectivity index is 1.38. The number of carbonyl (C=O) groups excluding carboxylic acids is 1. The van der Waals surface area contributed by atoms with Crippen molar-refractivity contribution in [1.82, 2.24) is 15.2 Å². The number of pyridine rings is 1. The zero-order valence-electron chi connectivity index (χ0n) is 16.9. The van der Waals surface area contributed by atoms with Crippen LogP contribution in [-0.4, -0.2) is 65.3 Å². The first-order chi connectivity index (χ1) is 14.8. The van der Waals surface area contributed by atoms with Crippen molar-refractivity contribution in [1.29, 1.82) is 5.26 Å². The second kappa shape index (κ2) is 9.96. The number of nitrogens with one attached hydrogen (secondary N) is 1. The molecule has 10 heteroatoms. The van der Waals surface area contributed by atoms with E-state index in [-0.39, 0.29) is 6.54 Å². The van der Waals surface area contributed by atoms with Gasteiger partial charge in [0.2, 0.25) is 5.91 Å². The Kier molecular flexibility index (Phi) is 7.33. The summed E-state index contributed by atoms with van der Waals surface area (Å²) in [7, 11) is 0. The smallest absolute Gasteiger partial charge is 0.263 e. The van der Waals surface area contributed by atoms with E-state index in [0.29, 0.717) is 35.4 Å². The van der Waals surface area contributed by atoms with E-state index in [2.05, 4.69) is 10.3 Å². The molecule has 2 heterocycles. The molecule has 8 nitrogen and oxygen atoms in total. The maximum atomic E-state index is 13.4. The number of nitrogens with two attached hydrogens (primary N) is 1. The molecule has 0 spiro atoms. The summed E-state index contributed by atoms with van der Waals surface area (Å²) in [6, 6.07) is 7.66. The summed E-state index contributed by atoms with van der Waals surface area (Å²) in [5, 5.41) is 22.7. The maximum Gasteiger partial charge on any atom is 0.263 e. The van der Waals surface area contributed by atoms with Gasteiger partial charge < -0.3 is 20.9 Å². The normalized spacial score (nSPS) is 19.2. The second-order valence-electron chi connectivity index (χ2n) is 7.52. The molecule has 1 aromatic heterocycles. The molecule has 4 N–H and O–H groups in total. The topological polar surface area (TPSA) is 124 Å². The van der Waals surface area contributed by atoms with E-state index >= 15 is 0 Å². The van der Waals surface area contributed by atoms with Gasteiger partial charge in [-0.15, -0.1) is 0 Å². The minimum Gasteiger partial charge on any atom is -0.494 e.